The summed E-state index contributed by atoms with van der Waals surface area (Å²) < 4.78 is 11.4. The van der Waals surface area contributed by atoms with E-state index in [1.54, 1.807) is 20.3 Å². The van der Waals surface area contributed by atoms with Crippen LogP contribution in [0.5, 0.6) is 17.2 Å². The minimum absolute atomic E-state index is 0.163. The molecule has 0 amide bonds. The fourth-order valence-electron chi connectivity index (χ4n) is 3.07. The molecule has 2 N–H and O–H groups in total. The minimum Gasteiger partial charge on any atom is -0.504 e. The number of hydrogen-bond acceptors (Lipinski definition) is 4. The van der Waals surface area contributed by atoms with Crippen molar-refractivity contribution in [1.82, 2.24) is 5.32 Å². The predicted molar refractivity (Wildman–Crippen MR) is 93.5 cm³/mol. The summed E-state index contributed by atoms with van der Waals surface area (Å²) in [6.45, 7) is 0.935. The Hall–Kier alpha value is -1.72. The molecule has 0 bridgehead atoms. The number of nitrogens with one attached hydrogen (secondary N) is 1. The van der Waals surface area contributed by atoms with Crippen LogP contribution in [0.1, 0.15) is 22.7 Å². The third-order valence-electron chi connectivity index (χ3n) is 4.28. The van der Waals surface area contributed by atoms with Crippen LogP contribution in [0.25, 0.3) is 0 Å². The van der Waals surface area contributed by atoms with E-state index < -0.39 is 0 Å². The van der Waals surface area contributed by atoms with Crippen LogP contribution >= 0.6 is 15.9 Å². The lowest BCUT2D eigenvalue weighted by atomic mass is 9.90. The van der Waals surface area contributed by atoms with Gasteiger partial charge in [-0.1, -0.05) is 22.0 Å². The molecule has 1 heterocycles. The fourth-order valence-corrected chi connectivity index (χ4v) is 3.55. The van der Waals surface area contributed by atoms with Crippen molar-refractivity contribution in [3.63, 3.8) is 0 Å². The number of ether oxygens (including phenoxy) is 2. The van der Waals surface area contributed by atoms with Crippen molar-refractivity contribution in [2.75, 3.05) is 20.8 Å². The summed E-state index contributed by atoms with van der Waals surface area (Å²) >= 11 is 3.57. The van der Waals surface area contributed by atoms with Gasteiger partial charge in [0.05, 0.1) is 14.2 Å². The number of phenols is 1. The summed E-state index contributed by atoms with van der Waals surface area (Å²) in [5.74, 6) is 1.53. The molecule has 3 rings (SSSR count). The SMILES string of the molecule is COc1ccc2c(c1)CCN[C@H]2Cc1cc(O)c(OC)cc1Br. The van der Waals surface area contributed by atoms with Crippen LogP contribution in [0.2, 0.25) is 0 Å². The van der Waals surface area contributed by atoms with Crippen molar-refractivity contribution in [3.8, 4) is 17.2 Å². The molecule has 0 aliphatic carbocycles. The van der Waals surface area contributed by atoms with Crippen molar-refractivity contribution in [2.45, 2.75) is 18.9 Å². The molecule has 0 radical (unpaired) electrons. The number of phenolic OH excluding ortho intramolecular Hbond substituents is 1. The average Bonchev–Trinajstić information content (AvgIpc) is 2.57. The van der Waals surface area contributed by atoms with Gasteiger partial charge in [-0.25, -0.2) is 0 Å². The van der Waals surface area contributed by atoms with Gasteiger partial charge in [0.2, 0.25) is 0 Å². The van der Waals surface area contributed by atoms with Gasteiger partial charge in [-0.05, 0) is 60.3 Å². The smallest absolute Gasteiger partial charge is 0.161 e. The maximum Gasteiger partial charge on any atom is 0.161 e. The number of aromatic hydroxyl groups is 1. The van der Waals surface area contributed by atoms with Crippen LogP contribution in [0.3, 0.4) is 0 Å². The van der Waals surface area contributed by atoms with Crippen LogP contribution < -0.4 is 14.8 Å². The highest BCUT2D eigenvalue weighted by Gasteiger charge is 2.22. The Morgan fingerprint density at radius 2 is 2.04 bits per heavy atom. The standard InChI is InChI=1S/C18H20BrNO3/c1-22-13-3-4-14-11(7-13)5-6-20-16(14)8-12-9-17(21)18(23-2)10-15(12)19/h3-4,7,9-10,16,20-21H,5-6,8H2,1-2H3/t16-/m0/s1. The Bertz CT molecular complexity index is 718. The normalized spacial score (nSPS) is 16.7. The van der Waals surface area contributed by atoms with Crippen LogP contribution in [0.4, 0.5) is 0 Å². The van der Waals surface area contributed by atoms with Crippen LogP contribution in [-0.4, -0.2) is 25.9 Å². The zero-order valence-electron chi connectivity index (χ0n) is 13.2. The van der Waals surface area contributed by atoms with Crippen molar-refractivity contribution >= 4 is 15.9 Å². The second-order valence-electron chi connectivity index (χ2n) is 5.64. The molecule has 2 aromatic carbocycles. The predicted octanol–water partition coefficient (Wildman–Crippen LogP) is 3.60. The molecule has 0 saturated heterocycles. The van der Waals surface area contributed by atoms with Gasteiger partial charge in [-0.3, -0.25) is 0 Å². The van der Waals surface area contributed by atoms with E-state index in [0.29, 0.717) is 5.75 Å². The zero-order valence-corrected chi connectivity index (χ0v) is 14.8. The quantitative estimate of drug-likeness (QED) is 0.854. The van der Waals surface area contributed by atoms with Gasteiger partial charge in [0.1, 0.15) is 5.75 Å². The second kappa shape index (κ2) is 6.81. The fraction of sp³-hybridized carbons (Fsp3) is 0.333. The zero-order chi connectivity index (χ0) is 16.4. The first-order valence-corrected chi connectivity index (χ1v) is 8.37. The average molecular weight is 378 g/mol. The maximum atomic E-state index is 10.0. The van der Waals surface area contributed by atoms with Crippen molar-refractivity contribution in [1.29, 1.82) is 0 Å². The largest absolute Gasteiger partial charge is 0.504 e. The van der Waals surface area contributed by atoms with E-state index in [9.17, 15) is 5.11 Å². The van der Waals surface area contributed by atoms with Gasteiger partial charge in [-0.15, -0.1) is 0 Å². The minimum atomic E-state index is 0.163. The summed E-state index contributed by atoms with van der Waals surface area (Å²) in [7, 11) is 3.24. The van der Waals surface area contributed by atoms with E-state index in [1.807, 2.05) is 12.1 Å². The van der Waals surface area contributed by atoms with E-state index in [-0.39, 0.29) is 11.8 Å². The number of halogens is 1. The molecule has 1 aliphatic rings. The Morgan fingerprint density at radius 3 is 2.78 bits per heavy atom. The van der Waals surface area contributed by atoms with Crippen LogP contribution in [0, 0.1) is 0 Å². The van der Waals surface area contributed by atoms with Crippen molar-refractivity contribution in [2.24, 2.45) is 0 Å². The first kappa shape index (κ1) is 16.1. The first-order valence-electron chi connectivity index (χ1n) is 7.58. The van der Waals surface area contributed by atoms with Crippen LogP contribution in [-0.2, 0) is 12.8 Å². The highest BCUT2D eigenvalue weighted by atomic mass is 79.9. The Balaban J connectivity index is 1.89. The van der Waals surface area contributed by atoms with E-state index in [2.05, 4.69) is 33.4 Å². The highest BCUT2D eigenvalue weighted by Crippen LogP contribution is 2.36. The third-order valence-corrected chi connectivity index (χ3v) is 5.02. The topological polar surface area (TPSA) is 50.7 Å². The Kier molecular flexibility index (Phi) is 4.78. The monoisotopic (exact) mass is 377 g/mol. The lowest BCUT2D eigenvalue weighted by molar-refractivity contribution is 0.372. The van der Waals surface area contributed by atoms with Crippen molar-refractivity contribution < 1.29 is 14.6 Å². The number of hydrogen-bond donors (Lipinski definition) is 2. The Morgan fingerprint density at radius 1 is 1.22 bits per heavy atom. The van der Waals surface area contributed by atoms with Gasteiger partial charge in [-0.2, -0.15) is 0 Å². The first-order chi connectivity index (χ1) is 11.1. The molecule has 0 fully saturated rings. The summed E-state index contributed by atoms with van der Waals surface area (Å²) in [5.41, 5.74) is 3.66. The van der Waals surface area contributed by atoms with Gasteiger partial charge < -0.3 is 19.9 Å². The van der Waals surface area contributed by atoms with E-state index >= 15 is 0 Å². The van der Waals surface area contributed by atoms with Gasteiger partial charge in [0.15, 0.2) is 11.5 Å². The maximum absolute atomic E-state index is 10.0. The highest BCUT2D eigenvalue weighted by molar-refractivity contribution is 9.10. The molecular formula is C18H20BrNO3. The summed E-state index contributed by atoms with van der Waals surface area (Å²) in [6.07, 6.45) is 1.79. The Labute approximate surface area is 144 Å². The lowest BCUT2D eigenvalue weighted by Crippen LogP contribution is -2.31. The van der Waals surface area contributed by atoms with E-state index in [0.717, 1.165) is 35.2 Å². The molecule has 0 unspecified atom stereocenters. The molecule has 1 atom stereocenters. The molecule has 122 valence electrons. The van der Waals surface area contributed by atoms with Gasteiger partial charge in [0.25, 0.3) is 0 Å². The summed E-state index contributed by atoms with van der Waals surface area (Å²) in [6, 6.07) is 10.0. The van der Waals surface area contributed by atoms with E-state index in [4.69, 9.17) is 9.47 Å². The van der Waals surface area contributed by atoms with Gasteiger partial charge in [0, 0.05) is 10.5 Å². The van der Waals surface area contributed by atoms with Crippen LogP contribution in [0.15, 0.2) is 34.8 Å². The summed E-state index contributed by atoms with van der Waals surface area (Å²) in [5, 5.41) is 13.6. The molecule has 2 aromatic rings. The number of fused-ring (bicyclic) bond motifs is 1. The second-order valence-corrected chi connectivity index (χ2v) is 6.50. The number of benzene rings is 2. The molecule has 0 spiro atoms. The molecule has 23 heavy (non-hydrogen) atoms. The van der Waals surface area contributed by atoms with Gasteiger partial charge >= 0.3 is 0 Å². The lowest BCUT2D eigenvalue weighted by Gasteiger charge is -2.28. The molecule has 0 aromatic heterocycles. The molecule has 0 saturated carbocycles. The summed E-state index contributed by atoms with van der Waals surface area (Å²) in [4.78, 5) is 0. The molecule has 5 heteroatoms. The van der Waals surface area contributed by atoms with E-state index in [1.165, 1.54) is 11.1 Å². The third kappa shape index (κ3) is 3.31. The molecule has 1 aliphatic heterocycles. The number of methoxy groups -OCH3 is 2. The van der Waals surface area contributed by atoms with Crippen molar-refractivity contribution in [3.05, 3.63) is 51.5 Å². The molecular weight excluding hydrogens is 358 g/mol. The number of rotatable bonds is 4. The molecule has 4 nitrogen and oxygen atoms in total.